The number of Topliss-reactive ketones (excluding diaryl/α,β-unsaturated/α-hetero) is 1. The van der Waals surface area contributed by atoms with E-state index in [9.17, 15) is 9.59 Å². The molecule has 1 saturated heterocycles. The average molecular weight is 261 g/mol. The van der Waals surface area contributed by atoms with Crippen LogP contribution >= 0.6 is 0 Å². The monoisotopic (exact) mass is 261 g/mol. The average Bonchev–Trinajstić information content (AvgIpc) is 2.40. The lowest BCUT2D eigenvalue weighted by Gasteiger charge is -2.40. The Morgan fingerprint density at radius 1 is 1.32 bits per heavy atom. The Bertz CT molecular complexity index is 456. The molecule has 1 aliphatic heterocycles. The van der Waals surface area contributed by atoms with Crippen LogP contribution in [0.15, 0.2) is 30.3 Å². The Labute approximate surface area is 113 Å². The SMILES string of the molecule is CC1(C)CN(C(OC=O)c2ccccc2)CCC1=O. The van der Waals surface area contributed by atoms with Gasteiger partial charge in [-0.2, -0.15) is 0 Å². The fourth-order valence-corrected chi connectivity index (χ4v) is 2.50. The third kappa shape index (κ3) is 3.01. The highest BCUT2D eigenvalue weighted by Gasteiger charge is 2.37. The molecular weight excluding hydrogens is 242 g/mol. The van der Waals surface area contributed by atoms with Gasteiger partial charge in [0.25, 0.3) is 6.47 Å². The number of hydrogen-bond donors (Lipinski definition) is 0. The van der Waals surface area contributed by atoms with Gasteiger partial charge < -0.3 is 4.74 Å². The maximum atomic E-state index is 11.8. The van der Waals surface area contributed by atoms with Gasteiger partial charge in [0.05, 0.1) is 0 Å². The number of ketones is 1. The molecule has 1 unspecified atom stereocenters. The van der Waals surface area contributed by atoms with E-state index in [1.54, 1.807) is 0 Å². The first-order valence-electron chi connectivity index (χ1n) is 6.46. The highest BCUT2D eigenvalue weighted by molar-refractivity contribution is 5.85. The number of piperidine rings is 1. The molecule has 0 N–H and O–H groups in total. The molecule has 1 aromatic rings. The van der Waals surface area contributed by atoms with E-state index in [1.807, 2.05) is 49.1 Å². The van der Waals surface area contributed by atoms with Crippen molar-refractivity contribution in [2.45, 2.75) is 26.5 Å². The van der Waals surface area contributed by atoms with Gasteiger partial charge in [0, 0.05) is 30.5 Å². The van der Waals surface area contributed by atoms with E-state index in [4.69, 9.17) is 4.74 Å². The predicted octanol–water partition coefficient (Wildman–Crippen LogP) is 2.16. The number of rotatable bonds is 4. The fourth-order valence-electron chi connectivity index (χ4n) is 2.50. The molecular formula is C15H19NO3. The van der Waals surface area contributed by atoms with Crippen LogP contribution in [0, 0.1) is 5.41 Å². The minimum atomic E-state index is -0.411. The summed E-state index contributed by atoms with van der Waals surface area (Å²) in [6.07, 6.45) is 0.0875. The quantitative estimate of drug-likeness (QED) is 0.779. The minimum absolute atomic E-state index is 0.265. The van der Waals surface area contributed by atoms with Crippen molar-refractivity contribution in [3.05, 3.63) is 35.9 Å². The zero-order chi connectivity index (χ0) is 13.9. The summed E-state index contributed by atoms with van der Waals surface area (Å²) in [5.74, 6) is 0.265. The third-order valence-corrected chi connectivity index (χ3v) is 3.58. The molecule has 1 atom stereocenters. The number of ether oxygens (including phenoxy) is 1. The number of hydrogen-bond acceptors (Lipinski definition) is 4. The van der Waals surface area contributed by atoms with Crippen LogP contribution in [0.4, 0.5) is 0 Å². The van der Waals surface area contributed by atoms with Crippen LogP contribution < -0.4 is 0 Å². The molecule has 4 nitrogen and oxygen atoms in total. The summed E-state index contributed by atoms with van der Waals surface area (Å²) in [5, 5.41) is 0. The minimum Gasteiger partial charge on any atom is -0.444 e. The molecule has 1 aromatic carbocycles. The van der Waals surface area contributed by atoms with Gasteiger partial charge in [0.1, 0.15) is 5.78 Å². The Morgan fingerprint density at radius 2 is 2.00 bits per heavy atom. The number of carbonyl (C=O) groups excluding carboxylic acids is 2. The molecule has 1 fully saturated rings. The molecule has 0 spiro atoms. The van der Waals surface area contributed by atoms with E-state index in [2.05, 4.69) is 0 Å². The normalized spacial score (nSPS) is 20.8. The van der Waals surface area contributed by atoms with Gasteiger partial charge >= 0.3 is 0 Å². The first kappa shape index (κ1) is 13.7. The van der Waals surface area contributed by atoms with Crippen molar-refractivity contribution < 1.29 is 14.3 Å². The van der Waals surface area contributed by atoms with Gasteiger partial charge in [-0.15, -0.1) is 0 Å². The van der Waals surface area contributed by atoms with Gasteiger partial charge in [-0.25, -0.2) is 0 Å². The van der Waals surface area contributed by atoms with Crippen LogP contribution in [0.1, 0.15) is 32.1 Å². The molecule has 102 valence electrons. The lowest BCUT2D eigenvalue weighted by Crippen LogP contribution is -2.48. The van der Waals surface area contributed by atoms with E-state index >= 15 is 0 Å². The molecule has 0 aromatic heterocycles. The summed E-state index contributed by atoms with van der Waals surface area (Å²) in [5.41, 5.74) is 0.539. The van der Waals surface area contributed by atoms with Crippen LogP contribution in [-0.4, -0.2) is 30.2 Å². The van der Waals surface area contributed by atoms with Crippen molar-refractivity contribution in [3.63, 3.8) is 0 Å². The molecule has 0 amide bonds. The second kappa shape index (κ2) is 5.53. The van der Waals surface area contributed by atoms with Crippen molar-refractivity contribution in [2.75, 3.05) is 13.1 Å². The summed E-state index contributed by atoms with van der Waals surface area (Å²) in [7, 11) is 0. The van der Waals surface area contributed by atoms with Gasteiger partial charge in [0.15, 0.2) is 6.23 Å². The maximum Gasteiger partial charge on any atom is 0.294 e. The van der Waals surface area contributed by atoms with Gasteiger partial charge in [-0.1, -0.05) is 44.2 Å². The van der Waals surface area contributed by atoms with Crippen LogP contribution in [0.3, 0.4) is 0 Å². The lowest BCUT2D eigenvalue weighted by atomic mass is 9.82. The van der Waals surface area contributed by atoms with Gasteiger partial charge in [0.2, 0.25) is 0 Å². The van der Waals surface area contributed by atoms with Crippen LogP contribution in [0.2, 0.25) is 0 Å². The van der Waals surface area contributed by atoms with Gasteiger partial charge in [-0.3, -0.25) is 14.5 Å². The molecule has 4 heteroatoms. The van der Waals surface area contributed by atoms with Crippen molar-refractivity contribution in [1.29, 1.82) is 0 Å². The lowest BCUT2D eigenvalue weighted by molar-refractivity contribution is -0.151. The number of likely N-dealkylation sites (tertiary alicyclic amines) is 1. The highest BCUT2D eigenvalue weighted by atomic mass is 16.5. The summed E-state index contributed by atoms with van der Waals surface area (Å²) in [6.45, 7) is 5.56. The maximum absolute atomic E-state index is 11.8. The summed E-state index contributed by atoms with van der Waals surface area (Å²) >= 11 is 0. The molecule has 0 radical (unpaired) electrons. The second-order valence-electron chi connectivity index (χ2n) is 5.52. The van der Waals surface area contributed by atoms with Crippen molar-refractivity contribution in [3.8, 4) is 0 Å². The van der Waals surface area contributed by atoms with Gasteiger partial charge in [-0.05, 0) is 0 Å². The first-order valence-corrected chi connectivity index (χ1v) is 6.46. The van der Waals surface area contributed by atoms with Crippen molar-refractivity contribution >= 4 is 12.3 Å². The molecule has 0 aliphatic carbocycles. The smallest absolute Gasteiger partial charge is 0.294 e. The first-order chi connectivity index (χ1) is 9.04. The summed E-state index contributed by atoms with van der Waals surface area (Å²) < 4.78 is 5.23. The molecule has 0 saturated carbocycles. The third-order valence-electron chi connectivity index (χ3n) is 3.58. The number of nitrogens with zero attached hydrogens (tertiary/aromatic N) is 1. The number of carbonyl (C=O) groups is 2. The molecule has 19 heavy (non-hydrogen) atoms. The van der Waals surface area contributed by atoms with Crippen molar-refractivity contribution in [2.24, 2.45) is 5.41 Å². The topological polar surface area (TPSA) is 46.6 Å². The summed E-state index contributed by atoms with van der Waals surface area (Å²) in [6, 6.07) is 9.60. The fraction of sp³-hybridized carbons (Fsp3) is 0.467. The Hall–Kier alpha value is -1.68. The van der Waals surface area contributed by atoms with Crippen molar-refractivity contribution in [1.82, 2.24) is 4.90 Å². The van der Waals surface area contributed by atoms with Crippen LogP contribution in [0.5, 0.6) is 0 Å². The molecule has 0 bridgehead atoms. The van der Waals surface area contributed by atoms with E-state index in [0.717, 1.165) is 5.56 Å². The zero-order valence-corrected chi connectivity index (χ0v) is 11.3. The van der Waals surface area contributed by atoms with E-state index in [0.29, 0.717) is 26.0 Å². The van der Waals surface area contributed by atoms with Crippen LogP contribution in [-0.2, 0) is 14.3 Å². The van der Waals surface area contributed by atoms with E-state index in [-0.39, 0.29) is 5.78 Å². The standard InChI is InChI=1S/C15H19NO3/c1-15(2)10-16(9-8-13(15)18)14(19-11-17)12-6-4-3-5-7-12/h3-7,11,14H,8-10H2,1-2H3. The highest BCUT2D eigenvalue weighted by Crippen LogP contribution is 2.31. The zero-order valence-electron chi connectivity index (χ0n) is 11.3. The molecule has 2 rings (SSSR count). The van der Waals surface area contributed by atoms with Crippen LogP contribution in [0.25, 0.3) is 0 Å². The Balaban J connectivity index is 2.21. The molecule has 1 aliphatic rings. The molecule has 1 heterocycles. The number of benzene rings is 1. The Morgan fingerprint density at radius 3 is 2.58 bits per heavy atom. The summed E-state index contributed by atoms with van der Waals surface area (Å²) in [4.78, 5) is 24.6. The largest absolute Gasteiger partial charge is 0.444 e. The predicted molar refractivity (Wildman–Crippen MR) is 71.3 cm³/mol. The van der Waals surface area contributed by atoms with E-state index < -0.39 is 11.6 Å². The second-order valence-corrected chi connectivity index (χ2v) is 5.52. The Kier molecular flexibility index (Phi) is 4.00. The van der Waals surface area contributed by atoms with E-state index in [1.165, 1.54) is 0 Å².